The molecule has 1 aromatic rings. The lowest BCUT2D eigenvalue weighted by Crippen LogP contribution is -2.55. The predicted octanol–water partition coefficient (Wildman–Crippen LogP) is 3.36. The van der Waals surface area contributed by atoms with Gasteiger partial charge in [-0.1, -0.05) is 44.0 Å². The zero-order chi connectivity index (χ0) is 17.3. The van der Waals surface area contributed by atoms with Gasteiger partial charge in [-0.25, -0.2) is 4.79 Å². The molecule has 2 atom stereocenters. The smallest absolute Gasteiger partial charge is 0.329 e. The largest absolute Gasteiger partial charge is 0.495 e. The molecule has 6 heteroatoms. The first kappa shape index (κ1) is 20.2. The number of hydrogen-bond acceptors (Lipinski definition) is 3. The fraction of sp³-hybridized carbons (Fsp3) is 0.500. The Morgan fingerprint density at radius 2 is 1.95 bits per heavy atom. The highest BCUT2D eigenvalue weighted by Gasteiger charge is 2.38. The highest BCUT2D eigenvalue weighted by atomic mass is 35.5. The maximum absolute atomic E-state index is 10.9. The summed E-state index contributed by atoms with van der Waals surface area (Å²) >= 11 is 5.70. The molecule has 124 valence electrons. The normalized spacial score (nSPS) is 13.9. The van der Waals surface area contributed by atoms with Gasteiger partial charge < -0.3 is 15.2 Å². The number of ether oxygens (including phenoxy) is 1. The lowest BCUT2D eigenvalue weighted by Gasteiger charge is -2.31. The van der Waals surface area contributed by atoms with Crippen molar-refractivity contribution in [3.05, 3.63) is 29.3 Å². The number of rotatable bonds is 5. The summed E-state index contributed by atoms with van der Waals surface area (Å²) in [6, 6.07) is 7.36. The van der Waals surface area contributed by atoms with Gasteiger partial charge in [0.2, 0.25) is 5.91 Å². The Labute approximate surface area is 136 Å². The quantitative estimate of drug-likeness (QED) is 0.868. The van der Waals surface area contributed by atoms with Crippen LogP contribution in [0, 0.1) is 5.92 Å². The van der Waals surface area contributed by atoms with Crippen molar-refractivity contribution in [2.45, 2.75) is 39.7 Å². The van der Waals surface area contributed by atoms with Crippen molar-refractivity contribution in [2.24, 2.45) is 5.92 Å². The third-order valence-electron chi connectivity index (χ3n) is 3.53. The molecule has 0 heterocycles. The topological polar surface area (TPSA) is 75.6 Å². The number of carboxylic acid groups (broad SMARTS) is 1. The van der Waals surface area contributed by atoms with E-state index in [2.05, 4.69) is 5.32 Å². The van der Waals surface area contributed by atoms with E-state index in [9.17, 15) is 9.59 Å². The number of carbonyl (C=O) groups excluding carboxylic acids is 1. The Balaban J connectivity index is 0.000000425. The average molecular weight is 330 g/mol. The number of para-hydroxylation sites is 1. The van der Waals surface area contributed by atoms with Gasteiger partial charge in [0.05, 0.1) is 12.1 Å². The van der Waals surface area contributed by atoms with Crippen LogP contribution in [-0.4, -0.2) is 29.6 Å². The third kappa shape index (κ3) is 5.93. The molecule has 22 heavy (non-hydrogen) atoms. The molecule has 0 aliphatic heterocycles. The molecule has 0 aliphatic carbocycles. The van der Waals surface area contributed by atoms with Crippen LogP contribution in [0.25, 0.3) is 0 Å². The minimum absolute atomic E-state index is 0.0890. The van der Waals surface area contributed by atoms with Crippen LogP contribution in [0.1, 0.15) is 34.1 Å². The van der Waals surface area contributed by atoms with Gasteiger partial charge in [-0.15, -0.1) is 0 Å². The number of nitrogens with one attached hydrogen (secondary N) is 1. The second-order valence-corrected chi connectivity index (χ2v) is 5.54. The first-order valence-electron chi connectivity index (χ1n) is 6.99. The molecule has 5 nitrogen and oxygen atoms in total. The van der Waals surface area contributed by atoms with Gasteiger partial charge in [0, 0.05) is 6.92 Å². The molecule has 0 fully saturated rings. The van der Waals surface area contributed by atoms with Crippen LogP contribution < -0.4 is 10.1 Å². The number of carboxylic acids is 1. The molecule has 0 bridgehead atoms. The summed E-state index contributed by atoms with van der Waals surface area (Å²) in [6.07, 6.45) is 0.711. The van der Waals surface area contributed by atoms with E-state index >= 15 is 0 Å². The second-order valence-electron chi connectivity index (χ2n) is 5.13. The predicted molar refractivity (Wildman–Crippen MR) is 87.3 cm³/mol. The van der Waals surface area contributed by atoms with Crippen LogP contribution in [0.5, 0.6) is 5.75 Å². The lowest BCUT2D eigenvalue weighted by molar-refractivity contribution is -0.149. The summed E-state index contributed by atoms with van der Waals surface area (Å²) in [7, 11) is 1.60. The Morgan fingerprint density at radius 3 is 2.27 bits per heavy atom. The van der Waals surface area contributed by atoms with Crippen molar-refractivity contribution in [3.63, 3.8) is 0 Å². The summed E-state index contributed by atoms with van der Waals surface area (Å²) in [6.45, 7) is 6.56. The maximum Gasteiger partial charge on any atom is 0.329 e. The summed E-state index contributed by atoms with van der Waals surface area (Å²) < 4.78 is 4.91. The molecule has 0 radical (unpaired) electrons. The zero-order valence-electron chi connectivity index (χ0n) is 13.6. The minimum Gasteiger partial charge on any atom is -0.495 e. The van der Waals surface area contributed by atoms with E-state index in [1.54, 1.807) is 13.2 Å². The fourth-order valence-electron chi connectivity index (χ4n) is 1.77. The van der Waals surface area contributed by atoms with Crippen molar-refractivity contribution in [2.75, 3.05) is 7.11 Å². The summed E-state index contributed by atoms with van der Waals surface area (Å²) in [5.74, 6) is -0.671. The SMILES string of the molecule is CCC(C)C(C)(NC(C)=O)C(=O)O.COc1ccccc1Cl. The first-order chi connectivity index (χ1) is 10.2. The van der Waals surface area contributed by atoms with E-state index in [1.165, 1.54) is 13.8 Å². The van der Waals surface area contributed by atoms with Gasteiger partial charge in [-0.05, 0) is 25.0 Å². The monoisotopic (exact) mass is 329 g/mol. The number of carbonyl (C=O) groups is 2. The number of halogens is 1. The standard InChI is InChI=1S/C9H17NO3.C7H7ClO/c1-5-6(2)9(4,8(12)13)10-7(3)11;1-9-7-5-3-2-4-6(7)8/h6H,5H2,1-4H3,(H,10,11)(H,12,13);2-5H,1H3. The number of aliphatic carboxylic acids is 1. The molecule has 2 N–H and O–H groups in total. The Hall–Kier alpha value is -1.75. The lowest BCUT2D eigenvalue weighted by atomic mass is 9.85. The molecule has 0 aliphatic rings. The number of benzene rings is 1. The highest BCUT2D eigenvalue weighted by molar-refractivity contribution is 6.32. The van der Waals surface area contributed by atoms with Gasteiger partial charge >= 0.3 is 5.97 Å². The van der Waals surface area contributed by atoms with Crippen molar-refractivity contribution in [1.82, 2.24) is 5.32 Å². The van der Waals surface area contributed by atoms with Gasteiger partial charge in [-0.2, -0.15) is 0 Å². The molecule has 0 spiro atoms. The second kappa shape index (κ2) is 9.30. The van der Waals surface area contributed by atoms with Gasteiger partial charge in [0.15, 0.2) is 0 Å². The first-order valence-corrected chi connectivity index (χ1v) is 7.37. The average Bonchev–Trinajstić information content (AvgIpc) is 2.46. The van der Waals surface area contributed by atoms with Gasteiger partial charge in [0.1, 0.15) is 11.3 Å². The maximum atomic E-state index is 10.9. The van der Waals surface area contributed by atoms with Crippen molar-refractivity contribution in [3.8, 4) is 5.75 Å². The van der Waals surface area contributed by atoms with Gasteiger partial charge in [-0.3, -0.25) is 4.79 Å². The van der Waals surface area contributed by atoms with E-state index in [0.29, 0.717) is 11.4 Å². The number of methoxy groups -OCH3 is 1. The van der Waals surface area contributed by atoms with Crippen molar-refractivity contribution >= 4 is 23.5 Å². The van der Waals surface area contributed by atoms with Crippen LogP contribution in [0.4, 0.5) is 0 Å². The molecule has 0 saturated heterocycles. The molecule has 0 saturated carbocycles. The van der Waals surface area contributed by atoms with Crippen LogP contribution >= 0.6 is 11.6 Å². The molecule has 2 unspecified atom stereocenters. The third-order valence-corrected chi connectivity index (χ3v) is 3.85. The summed E-state index contributed by atoms with van der Waals surface area (Å²) in [5, 5.41) is 12.1. The number of hydrogen-bond donors (Lipinski definition) is 2. The zero-order valence-corrected chi connectivity index (χ0v) is 14.4. The Morgan fingerprint density at radius 1 is 1.41 bits per heavy atom. The minimum atomic E-state index is -1.15. The molecule has 0 aromatic heterocycles. The van der Waals surface area contributed by atoms with Crippen LogP contribution in [0.15, 0.2) is 24.3 Å². The highest BCUT2D eigenvalue weighted by Crippen LogP contribution is 2.22. The van der Waals surface area contributed by atoms with Gasteiger partial charge in [0.25, 0.3) is 0 Å². The van der Waals surface area contributed by atoms with E-state index in [1.807, 2.05) is 32.0 Å². The Bertz CT molecular complexity index is 507. The molecule has 1 aromatic carbocycles. The summed E-state index contributed by atoms with van der Waals surface area (Å²) in [4.78, 5) is 21.8. The fourth-order valence-corrected chi connectivity index (χ4v) is 1.98. The molecule has 1 amide bonds. The molecular weight excluding hydrogens is 306 g/mol. The summed E-state index contributed by atoms with van der Waals surface area (Å²) in [5.41, 5.74) is -1.15. The van der Waals surface area contributed by atoms with Crippen LogP contribution in [0.2, 0.25) is 5.02 Å². The van der Waals surface area contributed by atoms with E-state index in [0.717, 1.165) is 5.75 Å². The molecule has 1 rings (SSSR count). The van der Waals surface area contributed by atoms with Crippen LogP contribution in [-0.2, 0) is 9.59 Å². The van der Waals surface area contributed by atoms with Crippen LogP contribution in [0.3, 0.4) is 0 Å². The molecular formula is C16H24ClNO4. The van der Waals surface area contributed by atoms with E-state index in [4.69, 9.17) is 21.4 Å². The van der Waals surface area contributed by atoms with Crippen molar-refractivity contribution < 1.29 is 19.4 Å². The Kier molecular flexibility index (Phi) is 8.56. The van der Waals surface area contributed by atoms with E-state index in [-0.39, 0.29) is 11.8 Å². The number of amides is 1. The van der Waals surface area contributed by atoms with E-state index < -0.39 is 11.5 Å². The van der Waals surface area contributed by atoms with Crippen molar-refractivity contribution in [1.29, 1.82) is 0 Å².